The zero-order valence-electron chi connectivity index (χ0n) is 14.2. The van der Waals surface area contributed by atoms with Crippen molar-refractivity contribution in [1.82, 2.24) is 0 Å². The molecule has 1 unspecified atom stereocenters. The molecule has 0 saturated carbocycles. The molecule has 0 spiro atoms. The summed E-state index contributed by atoms with van der Waals surface area (Å²) in [6.45, 7) is 0. The van der Waals surface area contributed by atoms with Crippen LogP contribution in [-0.2, 0) is 10.3 Å². The number of anilines is 1. The maximum atomic E-state index is 14.1. The normalized spacial score (nSPS) is 27.2. The van der Waals surface area contributed by atoms with Crippen molar-refractivity contribution in [2.75, 3.05) is 11.9 Å². The van der Waals surface area contributed by atoms with Gasteiger partial charge in [0.15, 0.2) is 5.60 Å². The Bertz CT molecular complexity index is 988. The average Bonchev–Trinajstić information content (AvgIpc) is 2.92. The van der Waals surface area contributed by atoms with Gasteiger partial charge in [-0.05, 0) is 11.5 Å². The predicted molar refractivity (Wildman–Crippen MR) is 89.6 cm³/mol. The van der Waals surface area contributed by atoms with Crippen LogP contribution in [0.5, 0.6) is 0 Å². The first-order valence-electron chi connectivity index (χ1n) is 8.17. The molecule has 2 bridgehead atoms. The number of ketones is 1. The molecular formula is C18H12ClF6NO2. The molecule has 150 valence electrons. The lowest BCUT2D eigenvalue weighted by Crippen LogP contribution is -2.49. The maximum Gasteiger partial charge on any atom is 0.454 e. The highest BCUT2D eigenvalue weighted by Gasteiger charge is 2.67. The van der Waals surface area contributed by atoms with Gasteiger partial charge in [0.2, 0.25) is 0 Å². The average molecular weight is 424 g/mol. The van der Waals surface area contributed by atoms with Gasteiger partial charge < -0.3 is 9.64 Å². The number of ether oxygens (including phenoxy) is 1. The summed E-state index contributed by atoms with van der Waals surface area (Å²) in [5.41, 5.74) is -4.20. The van der Waals surface area contributed by atoms with Crippen LogP contribution >= 0.6 is 11.6 Å². The fraction of sp³-hybridized carbons (Fsp3) is 0.389. The Morgan fingerprint density at radius 3 is 2.36 bits per heavy atom. The molecule has 3 atom stereocenters. The van der Waals surface area contributed by atoms with E-state index in [0.29, 0.717) is 6.07 Å². The second-order valence-corrected chi connectivity index (χ2v) is 7.42. The van der Waals surface area contributed by atoms with Crippen LogP contribution in [0.15, 0.2) is 30.3 Å². The summed E-state index contributed by atoms with van der Waals surface area (Å²) in [5, 5.41) is -1.03. The number of hydrogen-bond donors (Lipinski definition) is 0. The summed E-state index contributed by atoms with van der Waals surface area (Å²) in [6, 6.07) is 6.21. The fourth-order valence-electron chi connectivity index (χ4n) is 4.05. The molecule has 4 rings (SSSR count). The number of halogens is 7. The topological polar surface area (TPSA) is 29.5 Å². The van der Waals surface area contributed by atoms with E-state index in [4.69, 9.17) is 16.3 Å². The first-order chi connectivity index (χ1) is 12.9. The van der Waals surface area contributed by atoms with Gasteiger partial charge in [-0.25, -0.2) is 0 Å². The second-order valence-electron chi connectivity index (χ2n) is 6.86. The minimum atomic E-state index is -5.24. The SMILES string of the molecule is CN1c2c(cc(C(=O)C(F)(F)F)c3ccccc23)[C@@]2(C(F)(F)F)CC(Cl)[C@@H]1O2. The van der Waals surface area contributed by atoms with Gasteiger partial charge in [0.25, 0.3) is 5.78 Å². The van der Waals surface area contributed by atoms with E-state index in [1.54, 1.807) is 0 Å². The molecule has 1 fully saturated rings. The number of alkyl halides is 7. The number of rotatable bonds is 1. The Morgan fingerprint density at radius 2 is 1.79 bits per heavy atom. The lowest BCUT2D eigenvalue weighted by atomic mass is 9.84. The Kier molecular flexibility index (Phi) is 3.97. The number of Topliss-reactive ketones (excluding diaryl/α,β-unsaturated/α-hetero) is 1. The van der Waals surface area contributed by atoms with Crippen molar-refractivity contribution in [2.24, 2.45) is 0 Å². The van der Waals surface area contributed by atoms with E-state index in [1.165, 1.54) is 36.2 Å². The molecule has 2 aromatic rings. The van der Waals surface area contributed by atoms with Crippen molar-refractivity contribution < 1.29 is 35.9 Å². The smallest absolute Gasteiger partial charge is 0.347 e. The minimum absolute atomic E-state index is 0.0612. The third-order valence-corrected chi connectivity index (χ3v) is 5.63. The van der Waals surface area contributed by atoms with E-state index in [0.717, 1.165) is 0 Å². The van der Waals surface area contributed by atoms with Gasteiger partial charge in [-0.1, -0.05) is 24.3 Å². The van der Waals surface area contributed by atoms with Gasteiger partial charge in [0.1, 0.15) is 6.23 Å². The molecule has 10 heteroatoms. The van der Waals surface area contributed by atoms with Crippen molar-refractivity contribution in [1.29, 1.82) is 0 Å². The first kappa shape index (κ1) is 19.3. The van der Waals surface area contributed by atoms with Crippen LogP contribution in [0, 0.1) is 0 Å². The predicted octanol–water partition coefficient (Wildman–Crippen LogP) is 5.15. The zero-order valence-corrected chi connectivity index (χ0v) is 14.9. The standard InChI is InChI=1S/C18H12ClF6NO2/c1-26-13-9-5-3-2-4-8(9)10(14(27)17(20,21)22)6-11(13)16(18(23,24)25)7-12(19)15(26)28-16/h2-6,12,15H,7H2,1H3/t12?,15-,16+/m0/s1. The molecule has 2 aromatic carbocycles. The molecule has 0 N–H and O–H groups in total. The number of fused-ring (bicyclic) bond motifs is 6. The summed E-state index contributed by atoms with van der Waals surface area (Å²) < 4.78 is 86.8. The summed E-state index contributed by atoms with van der Waals surface area (Å²) in [6.07, 6.45) is -12.0. The number of benzene rings is 2. The molecule has 2 aliphatic heterocycles. The molecular weight excluding hydrogens is 412 g/mol. The van der Waals surface area contributed by atoms with Crippen LogP contribution in [0.1, 0.15) is 22.3 Å². The Labute approximate surface area is 159 Å². The highest BCUT2D eigenvalue weighted by molar-refractivity contribution is 6.22. The third-order valence-electron chi connectivity index (χ3n) is 5.26. The third kappa shape index (κ3) is 2.45. The van der Waals surface area contributed by atoms with Gasteiger partial charge in [0.05, 0.1) is 11.1 Å². The summed E-state index contributed by atoms with van der Waals surface area (Å²) in [5.74, 6) is -2.21. The Hall–Kier alpha value is -2.00. The molecule has 0 aliphatic carbocycles. The van der Waals surface area contributed by atoms with E-state index in [1.807, 2.05) is 0 Å². The zero-order chi connectivity index (χ0) is 20.6. The van der Waals surface area contributed by atoms with E-state index in [-0.39, 0.29) is 16.5 Å². The lowest BCUT2D eigenvalue weighted by molar-refractivity contribution is -0.280. The monoisotopic (exact) mass is 423 g/mol. The van der Waals surface area contributed by atoms with E-state index < -0.39 is 52.9 Å². The van der Waals surface area contributed by atoms with Crippen LogP contribution < -0.4 is 4.90 Å². The Balaban J connectivity index is 2.12. The summed E-state index contributed by atoms with van der Waals surface area (Å²) >= 11 is 6.11. The second kappa shape index (κ2) is 5.76. The molecule has 3 nitrogen and oxygen atoms in total. The van der Waals surface area contributed by atoms with Crippen molar-refractivity contribution in [3.63, 3.8) is 0 Å². The van der Waals surface area contributed by atoms with Gasteiger partial charge >= 0.3 is 12.4 Å². The van der Waals surface area contributed by atoms with E-state index in [9.17, 15) is 31.1 Å². The van der Waals surface area contributed by atoms with Crippen LogP contribution in [0.25, 0.3) is 10.8 Å². The molecule has 2 aliphatic rings. The van der Waals surface area contributed by atoms with Gasteiger partial charge in [-0.3, -0.25) is 4.79 Å². The minimum Gasteiger partial charge on any atom is -0.347 e. The Morgan fingerprint density at radius 1 is 1.18 bits per heavy atom. The van der Waals surface area contributed by atoms with Crippen LogP contribution in [0.2, 0.25) is 0 Å². The van der Waals surface area contributed by atoms with Crippen LogP contribution in [0.4, 0.5) is 32.0 Å². The van der Waals surface area contributed by atoms with E-state index >= 15 is 0 Å². The lowest BCUT2D eigenvalue weighted by Gasteiger charge is -2.42. The molecule has 0 amide bonds. The molecule has 0 radical (unpaired) electrons. The number of hydrogen-bond acceptors (Lipinski definition) is 3. The number of carbonyl (C=O) groups excluding carboxylic acids is 1. The van der Waals surface area contributed by atoms with Crippen molar-refractivity contribution >= 4 is 33.8 Å². The highest BCUT2D eigenvalue weighted by Crippen LogP contribution is 2.59. The summed E-state index contributed by atoms with van der Waals surface area (Å²) in [4.78, 5) is 13.4. The van der Waals surface area contributed by atoms with Crippen molar-refractivity contribution in [3.05, 3.63) is 41.5 Å². The largest absolute Gasteiger partial charge is 0.454 e. The quantitative estimate of drug-likeness (QED) is 0.361. The molecule has 2 heterocycles. The first-order valence-corrected chi connectivity index (χ1v) is 8.61. The molecule has 0 aromatic heterocycles. The maximum absolute atomic E-state index is 14.1. The van der Waals surface area contributed by atoms with Gasteiger partial charge in [0, 0.05) is 30.0 Å². The fourth-order valence-corrected chi connectivity index (χ4v) is 4.49. The van der Waals surface area contributed by atoms with Crippen molar-refractivity contribution in [3.8, 4) is 0 Å². The van der Waals surface area contributed by atoms with Crippen LogP contribution in [0.3, 0.4) is 0 Å². The number of carbonyl (C=O) groups is 1. The van der Waals surface area contributed by atoms with E-state index in [2.05, 4.69) is 0 Å². The number of nitrogens with zero attached hydrogens (tertiary/aromatic N) is 1. The molecule has 28 heavy (non-hydrogen) atoms. The van der Waals surface area contributed by atoms with Crippen LogP contribution in [-0.4, -0.2) is 36.8 Å². The summed E-state index contributed by atoms with van der Waals surface area (Å²) in [7, 11) is 1.46. The van der Waals surface area contributed by atoms with Crippen molar-refractivity contribution in [2.45, 2.75) is 36.0 Å². The molecule has 1 saturated heterocycles. The van der Waals surface area contributed by atoms with Gasteiger partial charge in [-0.15, -0.1) is 11.6 Å². The highest BCUT2D eigenvalue weighted by atomic mass is 35.5. The van der Waals surface area contributed by atoms with Gasteiger partial charge in [-0.2, -0.15) is 26.3 Å².